The van der Waals surface area contributed by atoms with Crippen molar-refractivity contribution >= 4 is 35.4 Å². The van der Waals surface area contributed by atoms with Gasteiger partial charge >= 0.3 is 0 Å². The molecule has 12 heteroatoms. The second kappa shape index (κ2) is 20.3. The van der Waals surface area contributed by atoms with E-state index in [2.05, 4.69) is 57.8 Å². The minimum absolute atomic E-state index is 0.0227. The highest BCUT2D eigenvalue weighted by atomic mass is 16.2. The van der Waals surface area contributed by atoms with Crippen molar-refractivity contribution in [3.63, 3.8) is 0 Å². The van der Waals surface area contributed by atoms with Crippen LogP contribution in [0.25, 0.3) is 0 Å². The zero-order chi connectivity index (χ0) is 41.0. The van der Waals surface area contributed by atoms with Crippen molar-refractivity contribution < 1.29 is 28.8 Å². The molecule has 6 amide bonds. The molecule has 5 N–H and O–H groups in total. The Hall–Kier alpha value is -5.52. The van der Waals surface area contributed by atoms with E-state index in [-0.39, 0.29) is 78.7 Å². The van der Waals surface area contributed by atoms with Crippen LogP contribution in [0.5, 0.6) is 0 Å². The largest absolute Gasteiger partial charge is 0.354 e. The predicted molar refractivity (Wildman–Crippen MR) is 222 cm³/mol. The summed E-state index contributed by atoms with van der Waals surface area (Å²) in [5, 5.41) is 14.7. The van der Waals surface area contributed by atoms with Crippen LogP contribution in [0.3, 0.4) is 0 Å². The molecular weight excluding hydrogens is 733 g/mol. The SMILES string of the molecule is CCCCCCNC(=O)[C@H](CNC(=O)c1ccc(C(=O)N2C[C@@H](C(=O)N[C@H]3C[C@@H]3c3ccccc3)[C@H](C(=O)N[C@H]3C[C@@H]3c3ccccc3)C2)cc1)NC(=O)CCCC. The first-order valence-electron chi connectivity index (χ1n) is 21.1. The van der Waals surface area contributed by atoms with E-state index in [4.69, 9.17) is 0 Å². The number of rotatable bonds is 20. The first-order valence-corrected chi connectivity index (χ1v) is 21.1. The summed E-state index contributed by atoms with van der Waals surface area (Å²) in [6.07, 6.45) is 7.45. The molecule has 58 heavy (non-hydrogen) atoms. The van der Waals surface area contributed by atoms with Crippen LogP contribution in [0.2, 0.25) is 0 Å². The Morgan fingerprint density at radius 2 is 1.17 bits per heavy atom. The Morgan fingerprint density at radius 3 is 1.71 bits per heavy atom. The maximum Gasteiger partial charge on any atom is 0.253 e. The third kappa shape index (κ3) is 11.3. The molecule has 1 saturated heterocycles. The van der Waals surface area contributed by atoms with E-state index in [1.807, 2.05) is 43.3 Å². The topological polar surface area (TPSA) is 166 Å². The Bertz CT molecular complexity index is 1810. The summed E-state index contributed by atoms with van der Waals surface area (Å²) < 4.78 is 0. The van der Waals surface area contributed by atoms with E-state index in [0.29, 0.717) is 24.9 Å². The molecule has 3 aliphatic rings. The number of likely N-dealkylation sites (tertiary alicyclic amines) is 1. The summed E-state index contributed by atoms with van der Waals surface area (Å²) >= 11 is 0. The number of carbonyl (C=O) groups excluding carboxylic acids is 6. The third-order valence-corrected chi connectivity index (χ3v) is 11.6. The van der Waals surface area contributed by atoms with Gasteiger partial charge in [0.05, 0.1) is 11.8 Å². The number of hydrogen-bond acceptors (Lipinski definition) is 6. The van der Waals surface area contributed by atoms with Gasteiger partial charge in [0.25, 0.3) is 11.8 Å². The monoisotopic (exact) mass is 790 g/mol. The van der Waals surface area contributed by atoms with Gasteiger partial charge in [0.1, 0.15) is 6.04 Å². The Labute approximate surface area is 341 Å². The van der Waals surface area contributed by atoms with Crippen LogP contribution in [0, 0.1) is 11.8 Å². The molecule has 3 aromatic rings. The molecule has 0 aromatic heterocycles. The fourth-order valence-electron chi connectivity index (χ4n) is 7.87. The smallest absolute Gasteiger partial charge is 0.253 e. The summed E-state index contributed by atoms with van der Waals surface area (Å²) in [5.74, 6) is -2.86. The molecule has 1 heterocycles. The van der Waals surface area contributed by atoms with E-state index in [1.54, 1.807) is 17.0 Å². The van der Waals surface area contributed by atoms with E-state index in [0.717, 1.165) is 56.1 Å². The molecule has 0 bridgehead atoms. The Kier molecular flexibility index (Phi) is 14.7. The maximum absolute atomic E-state index is 13.9. The Balaban J connectivity index is 1.07. The predicted octanol–water partition coefficient (Wildman–Crippen LogP) is 4.82. The van der Waals surface area contributed by atoms with Crippen LogP contribution in [-0.4, -0.2) is 84.6 Å². The molecule has 1 aliphatic heterocycles. The lowest BCUT2D eigenvalue weighted by atomic mass is 9.94. The molecule has 2 saturated carbocycles. The summed E-state index contributed by atoms with van der Waals surface area (Å²) in [7, 11) is 0. The zero-order valence-corrected chi connectivity index (χ0v) is 33.7. The Morgan fingerprint density at radius 1 is 0.638 bits per heavy atom. The number of benzene rings is 3. The van der Waals surface area contributed by atoms with E-state index >= 15 is 0 Å². The number of hydrogen-bond donors (Lipinski definition) is 5. The van der Waals surface area contributed by atoms with Gasteiger partial charge in [-0.25, -0.2) is 0 Å². The molecule has 3 fully saturated rings. The second-order valence-corrected chi connectivity index (χ2v) is 16.0. The van der Waals surface area contributed by atoms with Crippen LogP contribution in [-0.2, 0) is 19.2 Å². The molecule has 12 nitrogen and oxygen atoms in total. The lowest BCUT2D eigenvalue weighted by molar-refractivity contribution is -0.133. The quantitative estimate of drug-likeness (QED) is 0.103. The van der Waals surface area contributed by atoms with Gasteiger partial charge in [-0.15, -0.1) is 0 Å². The average molecular weight is 791 g/mol. The lowest BCUT2D eigenvalue weighted by Crippen LogP contribution is -2.52. The number of amides is 6. The summed E-state index contributed by atoms with van der Waals surface area (Å²) in [4.78, 5) is 81.8. The van der Waals surface area contributed by atoms with Crippen LogP contribution in [0.1, 0.15) is 115 Å². The van der Waals surface area contributed by atoms with Gasteiger partial charge in [-0.2, -0.15) is 0 Å². The standard InChI is InChI=1S/C46H58N6O6/c1-3-5-7-14-24-47-45(57)40(49-41(53)19-6-4-2)27-48-42(54)32-20-22-33(23-21-32)46(58)52-28-36(43(55)50-38-25-34(38)30-15-10-8-11-16-30)37(29-52)44(56)51-39-26-35(39)31-17-12-9-13-18-31/h8-13,15-18,20-23,34-40H,3-7,14,19,24-29H2,1-2H3,(H,47,57)(H,48,54)(H,49,53)(H,50,55)(H,51,56)/t34-,35-,36-,37-,38+,39+,40+/m1/s1. The van der Waals surface area contributed by atoms with Crippen molar-refractivity contribution in [1.29, 1.82) is 0 Å². The van der Waals surface area contributed by atoms with E-state index in [1.165, 1.54) is 12.1 Å². The summed E-state index contributed by atoms with van der Waals surface area (Å²) in [5.41, 5.74) is 2.92. The van der Waals surface area contributed by atoms with Gasteiger partial charge in [0.2, 0.25) is 23.6 Å². The normalized spacial score (nSPS) is 22.3. The molecular formula is C46H58N6O6. The summed E-state index contributed by atoms with van der Waals surface area (Å²) in [6, 6.07) is 25.3. The van der Waals surface area contributed by atoms with E-state index < -0.39 is 23.8 Å². The van der Waals surface area contributed by atoms with Crippen molar-refractivity contribution in [3.8, 4) is 0 Å². The average Bonchev–Trinajstić information content (AvgIpc) is 4.16. The minimum Gasteiger partial charge on any atom is -0.354 e. The van der Waals surface area contributed by atoms with Gasteiger partial charge in [-0.1, -0.05) is 100 Å². The summed E-state index contributed by atoms with van der Waals surface area (Å²) in [6.45, 7) is 4.67. The van der Waals surface area contributed by atoms with Crippen molar-refractivity contribution in [3.05, 3.63) is 107 Å². The molecule has 3 aromatic carbocycles. The number of nitrogens with zero attached hydrogens (tertiary/aromatic N) is 1. The lowest BCUT2D eigenvalue weighted by Gasteiger charge is -2.19. The highest BCUT2D eigenvalue weighted by Crippen LogP contribution is 2.42. The fourth-order valence-corrected chi connectivity index (χ4v) is 7.87. The molecule has 7 atom stereocenters. The zero-order valence-electron chi connectivity index (χ0n) is 33.7. The van der Waals surface area contributed by atoms with Crippen LogP contribution in [0.4, 0.5) is 0 Å². The van der Waals surface area contributed by atoms with Crippen molar-refractivity contribution in [1.82, 2.24) is 31.5 Å². The van der Waals surface area contributed by atoms with Crippen LogP contribution >= 0.6 is 0 Å². The second-order valence-electron chi connectivity index (χ2n) is 16.0. The van der Waals surface area contributed by atoms with E-state index in [9.17, 15) is 28.8 Å². The molecule has 308 valence electrons. The number of unbranched alkanes of at least 4 members (excludes halogenated alkanes) is 4. The van der Waals surface area contributed by atoms with Gasteiger partial charge in [0.15, 0.2) is 0 Å². The molecule has 0 spiro atoms. The number of carbonyl (C=O) groups is 6. The van der Waals surface area contributed by atoms with Gasteiger partial charge < -0.3 is 31.5 Å². The molecule has 0 unspecified atom stereocenters. The maximum atomic E-state index is 13.9. The highest BCUT2D eigenvalue weighted by molar-refractivity contribution is 5.99. The minimum atomic E-state index is -0.931. The molecule has 6 rings (SSSR count). The first-order chi connectivity index (χ1) is 28.2. The molecule has 2 aliphatic carbocycles. The van der Waals surface area contributed by atoms with Crippen molar-refractivity contribution in [2.45, 2.75) is 102 Å². The van der Waals surface area contributed by atoms with Gasteiger partial charge in [0, 0.05) is 67.6 Å². The van der Waals surface area contributed by atoms with Gasteiger partial charge in [-0.3, -0.25) is 28.8 Å². The first kappa shape index (κ1) is 42.1. The van der Waals surface area contributed by atoms with Gasteiger partial charge in [-0.05, 0) is 61.1 Å². The van der Waals surface area contributed by atoms with Crippen molar-refractivity contribution in [2.24, 2.45) is 11.8 Å². The van der Waals surface area contributed by atoms with Crippen molar-refractivity contribution in [2.75, 3.05) is 26.2 Å². The molecule has 0 radical (unpaired) electrons. The number of nitrogens with one attached hydrogen (secondary N) is 5. The third-order valence-electron chi connectivity index (χ3n) is 11.6. The highest BCUT2D eigenvalue weighted by Gasteiger charge is 2.49. The van der Waals surface area contributed by atoms with Crippen LogP contribution < -0.4 is 26.6 Å². The van der Waals surface area contributed by atoms with Crippen LogP contribution in [0.15, 0.2) is 84.9 Å². The fraction of sp³-hybridized carbons (Fsp3) is 0.478.